The maximum absolute atomic E-state index is 9.51. The molecule has 0 spiro atoms. The third-order valence-electron chi connectivity index (χ3n) is 5.26. The van der Waals surface area contributed by atoms with Crippen molar-refractivity contribution in [2.75, 3.05) is 4.90 Å². The van der Waals surface area contributed by atoms with Gasteiger partial charge in [-0.15, -0.1) is 0 Å². The molecule has 0 fully saturated rings. The van der Waals surface area contributed by atoms with Crippen molar-refractivity contribution >= 4 is 17.1 Å². The van der Waals surface area contributed by atoms with Crippen LogP contribution < -0.4 is 4.90 Å². The lowest BCUT2D eigenvalue weighted by Gasteiger charge is -2.27. The Morgan fingerprint density at radius 1 is 0.536 bits per heavy atom. The molecule has 0 aliphatic heterocycles. The first-order chi connectivity index (χ1) is 13.5. The molecule has 28 heavy (non-hydrogen) atoms. The highest BCUT2D eigenvalue weighted by Crippen LogP contribution is 2.37. The average molecular weight is 377 g/mol. The SMILES string of the molecule is Cc1cc(N(c2ccc(CO)c(C)c2)c2ccc(CO)c(C)c2)ccc1CO. The van der Waals surface area contributed by atoms with Crippen molar-refractivity contribution in [3.63, 3.8) is 0 Å². The Balaban J connectivity index is 2.17. The molecule has 0 aliphatic rings. The molecule has 3 aromatic carbocycles. The van der Waals surface area contributed by atoms with Crippen molar-refractivity contribution in [3.8, 4) is 0 Å². The van der Waals surface area contributed by atoms with Gasteiger partial charge in [0, 0.05) is 17.1 Å². The molecule has 0 aromatic heterocycles. The van der Waals surface area contributed by atoms with E-state index < -0.39 is 0 Å². The van der Waals surface area contributed by atoms with Crippen LogP contribution in [0.1, 0.15) is 33.4 Å². The van der Waals surface area contributed by atoms with Crippen LogP contribution >= 0.6 is 0 Å². The highest BCUT2D eigenvalue weighted by molar-refractivity contribution is 5.78. The van der Waals surface area contributed by atoms with E-state index >= 15 is 0 Å². The predicted molar refractivity (Wildman–Crippen MR) is 113 cm³/mol. The first-order valence-corrected chi connectivity index (χ1v) is 9.39. The molecule has 0 saturated carbocycles. The quantitative estimate of drug-likeness (QED) is 0.589. The minimum atomic E-state index is 0.0146. The summed E-state index contributed by atoms with van der Waals surface area (Å²) in [7, 11) is 0. The normalized spacial score (nSPS) is 10.9. The van der Waals surface area contributed by atoms with Crippen LogP contribution in [0.2, 0.25) is 0 Å². The summed E-state index contributed by atoms with van der Waals surface area (Å²) >= 11 is 0. The second kappa shape index (κ2) is 8.57. The van der Waals surface area contributed by atoms with Gasteiger partial charge in [-0.05, 0) is 90.6 Å². The van der Waals surface area contributed by atoms with Gasteiger partial charge in [0.05, 0.1) is 19.8 Å². The number of aliphatic hydroxyl groups is 3. The molecule has 3 rings (SSSR count). The fraction of sp³-hybridized carbons (Fsp3) is 0.250. The molecule has 0 saturated heterocycles. The van der Waals surface area contributed by atoms with E-state index in [-0.39, 0.29) is 19.8 Å². The molecule has 0 aliphatic carbocycles. The topological polar surface area (TPSA) is 63.9 Å². The lowest BCUT2D eigenvalue weighted by atomic mass is 10.0. The monoisotopic (exact) mass is 377 g/mol. The molecule has 146 valence electrons. The number of rotatable bonds is 6. The van der Waals surface area contributed by atoms with Crippen LogP contribution in [-0.2, 0) is 19.8 Å². The summed E-state index contributed by atoms with van der Waals surface area (Å²) in [5.41, 5.74) is 8.75. The van der Waals surface area contributed by atoms with Gasteiger partial charge in [-0.2, -0.15) is 0 Å². The van der Waals surface area contributed by atoms with Crippen LogP contribution in [0.5, 0.6) is 0 Å². The molecule has 0 bridgehead atoms. The van der Waals surface area contributed by atoms with Crippen LogP contribution in [-0.4, -0.2) is 15.3 Å². The lowest BCUT2D eigenvalue weighted by molar-refractivity contribution is 0.281. The predicted octanol–water partition coefficient (Wildman–Crippen LogP) is 4.56. The van der Waals surface area contributed by atoms with Crippen molar-refractivity contribution in [1.82, 2.24) is 0 Å². The molecule has 0 unspecified atom stereocenters. The number of nitrogens with zero attached hydrogens (tertiary/aromatic N) is 1. The van der Waals surface area contributed by atoms with Crippen LogP contribution in [0, 0.1) is 20.8 Å². The molecule has 3 N–H and O–H groups in total. The van der Waals surface area contributed by atoms with Crippen LogP contribution in [0.3, 0.4) is 0 Å². The molecule has 3 aromatic rings. The van der Waals surface area contributed by atoms with Gasteiger partial charge < -0.3 is 20.2 Å². The van der Waals surface area contributed by atoms with E-state index in [2.05, 4.69) is 23.1 Å². The first-order valence-electron chi connectivity index (χ1n) is 9.39. The largest absolute Gasteiger partial charge is 0.392 e. The number of hydrogen-bond donors (Lipinski definition) is 3. The van der Waals surface area contributed by atoms with Gasteiger partial charge in [0.2, 0.25) is 0 Å². The Morgan fingerprint density at radius 3 is 1.04 bits per heavy atom. The Kier molecular flexibility index (Phi) is 6.15. The highest BCUT2D eigenvalue weighted by atomic mass is 16.3. The number of aliphatic hydroxyl groups excluding tert-OH is 3. The zero-order valence-electron chi connectivity index (χ0n) is 16.6. The van der Waals surface area contributed by atoms with Gasteiger partial charge in [-0.25, -0.2) is 0 Å². The van der Waals surface area contributed by atoms with Crippen molar-refractivity contribution in [2.45, 2.75) is 40.6 Å². The Labute approximate surface area is 166 Å². The summed E-state index contributed by atoms with van der Waals surface area (Å²) in [6, 6.07) is 18.0. The fourth-order valence-corrected chi connectivity index (χ4v) is 3.44. The van der Waals surface area contributed by atoms with E-state index in [0.717, 1.165) is 50.4 Å². The molecular weight excluding hydrogens is 350 g/mol. The highest BCUT2D eigenvalue weighted by Gasteiger charge is 2.15. The number of benzene rings is 3. The summed E-state index contributed by atoms with van der Waals surface area (Å²) in [5, 5.41) is 28.5. The number of anilines is 3. The summed E-state index contributed by atoms with van der Waals surface area (Å²) in [6.45, 7) is 6.02. The van der Waals surface area contributed by atoms with E-state index in [1.807, 2.05) is 57.2 Å². The van der Waals surface area contributed by atoms with Crippen molar-refractivity contribution in [1.29, 1.82) is 0 Å². The van der Waals surface area contributed by atoms with E-state index in [0.29, 0.717) is 0 Å². The number of aryl methyl sites for hydroxylation is 3. The van der Waals surface area contributed by atoms with Gasteiger partial charge in [0.1, 0.15) is 0 Å². The second-order valence-electron chi connectivity index (χ2n) is 7.14. The van der Waals surface area contributed by atoms with E-state index in [9.17, 15) is 15.3 Å². The van der Waals surface area contributed by atoms with Gasteiger partial charge >= 0.3 is 0 Å². The van der Waals surface area contributed by atoms with Crippen LogP contribution in [0.25, 0.3) is 0 Å². The van der Waals surface area contributed by atoms with E-state index in [4.69, 9.17) is 0 Å². The third kappa shape index (κ3) is 3.94. The summed E-state index contributed by atoms with van der Waals surface area (Å²) in [6.07, 6.45) is 0. The Hall–Kier alpha value is -2.66. The molecule has 4 nitrogen and oxygen atoms in total. The summed E-state index contributed by atoms with van der Waals surface area (Å²) in [4.78, 5) is 2.15. The molecular formula is C24H27NO3. The van der Waals surface area contributed by atoms with E-state index in [1.165, 1.54) is 0 Å². The Morgan fingerprint density at radius 2 is 0.821 bits per heavy atom. The smallest absolute Gasteiger partial charge is 0.0684 e. The first kappa shape index (κ1) is 20.1. The lowest BCUT2D eigenvalue weighted by Crippen LogP contribution is -2.12. The number of hydrogen-bond acceptors (Lipinski definition) is 4. The maximum atomic E-state index is 9.51. The molecule has 0 atom stereocenters. The average Bonchev–Trinajstić information content (AvgIpc) is 2.69. The van der Waals surface area contributed by atoms with Gasteiger partial charge in [0.25, 0.3) is 0 Å². The van der Waals surface area contributed by atoms with Crippen LogP contribution in [0.4, 0.5) is 17.1 Å². The van der Waals surface area contributed by atoms with Crippen molar-refractivity contribution < 1.29 is 15.3 Å². The van der Waals surface area contributed by atoms with Crippen LogP contribution in [0.15, 0.2) is 54.6 Å². The van der Waals surface area contributed by atoms with Gasteiger partial charge in [0.15, 0.2) is 0 Å². The van der Waals surface area contributed by atoms with Gasteiger partial charge in [-0.1, -0.05) is 18.2 Å². The van der Waals surface area contributed by atoms with Crippen molar-refractivity contribution in [3.05, 3.63) is 88.0 Å². The molecule has 0 heterocycles. The van der Waals surface area contributed by atoms with Crippen molar-refractivity contribution in [2.24, 2.45) is 0 Å². The molecule has 4 heteroatoms. The Bertz CT molecular complexity index is 854. The van der Waals surface area contributed by atoms with Gasteiger partial charge in [-0.3, -0.25) is 0 Å². The zero-order valence-corrected chi connectivity index (χ0v) is 16.6. The molecule has 0 radical (unpaired) electrons. The minimum Gasteiger partial charge on any atom is -0.392 e. The molecule has 0 amide bonds. The fourth-order valence-electron chi connectivity index (χ4n) is 3.44. The summed E-state index contributed by atoms with van der Waals surface area (Å²) in [5.74, 6) is 0. The second-order valence-corrected chi connectivity index (χ2v) is 7.14. The van der Waals surface area contributed by atoms with E-state index in [1.54, 1.807) is 0 Å². The standard InChI is InChI=1S/C24H27NO3/c1-16-10-22(7-4-19(16)13-26)25(23-8-5-20(14-27)17(2)11-23)24-9-6-21(15-28)18(3)12-24/h4-12,26-28H,13-15H2,1-3H3. The summed E-state index contributed by atoms with van der Waals surface area (Å²) < 4.78 is 0. The maximum Gasteiger partial charge on any atom is 0.0684 e. The minimum absolute atomic E-state index is 0.0146. The zero-order chi connectivity index (χ0) is 20.3. The third-order valence-corrected chi connectivity index (χ3v) is 5.26.